The molecule has 0 bridgehead atoms. The minimum Gasteiger partial charge on any atom is -0.469 e. The maximum absolute atomic E-state index is 11.8. The summed E-state index contributed by atoms with van der Waals surface area (Å²) in [6.07, 6.45) is 1.77. The largest absolute Gasteiger partial charge is 0.469 e. The van der Waals surface area contributed by atoms with Crippen LogP contribution in [0, 0.1) is 0 Å². The molecule has 1 rings (SSSR count). The SMILES string of the molecule is CCC(=O)N(CCC(=O)OC)C1CCSS1. The molecule has 0 spiro atoms. The van der Waals surface area contributed by atoms with E-state index in [1.807, 2.05) is 11.8 Å². The van der Waals surface area contributed by atoms with Gasteiger partial charge in [0.1, 0.15) is 0 Å². The van der Waals surface area contributed by atoms with Crippen molar-refractivity contribution in [1.82, 2.24) is 4.90 Å². The van der Waals surface area contributed by atoms with Gasteiger partial charge < -0.3 is 9.64 Å². The molecule has 0 aromatic carbocycles. The summed E-state index contributed by atoms with van der Waals surface area (Å²) in [6.45, 7) is 2.32. The van der Waals surface area contributed by atoms with E-state index in [2.05, 4.69) is 4.74 Å². The van der Waals surface area contributed by atoms with Gasteiger partial charge in [0.15, 0.2) is 0 Å². The van der Waals surface area contributed by atoms with Crippen LogP contribution in [-0.2, 0) is 14.3 Å². The number of hydrogen-bond donors (Lipinski definition) is 0. The molecule has 1 heterocycles. The number of hydrogen-bond acceptors (Lipinski definition) is 5. The van der Waals surface area contributed by atoms with Crippen molar-refractivity contribution >= 4 is 33.5 Å². The van der Waals surface area contributed by atoms with Crippen molar-refractivity contribution in [3.63, 3.8) is 0 Å². The number of methoxy groups -OCH3 is 1. The number of carbonyl (C=O) groups excluding carboxylic acids is 2. The van der Waals surface area contributed by atoms with E-state index < -0.39 is 0 Å². The van der Waals surface area contributed by atoms with Gasteiger partial charge in [0.2, 0.25) is 5.91 Å². The van der Waals surface area contributed by atoms with Crippen LogP contribution >= 0.6 is 21.6 Å². The fraction of sp³-hybridized carbons (Fsp3) is 0.800. The lowest BCUT2D eigenvalue weighted by atomic mass is 10.3. The third-order valence-corrected chi connectivity index (χ3v) is 5.21. The van der Waals surface area contributed by atoms with Crippen molar-refractivity contribution in [1.29, 1.82) is 0 Å². The lowest BCUT2D eigenvalue weighted by Gasteiger charge is -2.27. The third kappa shape index (κ3) is 3.90. The zero-order valence-corrected chi connectivity index (χ0v) is 11.2. The Hall–Kier alpha value is -0.360. The Kier molecular flexibility index (Phi) is 6.05. The molecule has 0 N–H and O–H groups in total. The van der Waals surface area contributed by atoms with E-state index in [0.717, 1.165) is 12.2 Å². The Morgan fingerprint density at radius 3 is 2.75 bits per heavy atom. The van der Waals surface area contributed by atoms with Crippen LogP contribution in [0.25, 0.3) is 0 Å². The lowest BCUT2D eigenvalue weighted by molar-refractivity contribution is -0.141. The standard InChI is InChI=1S/C10H17NO3S2/c1-3-8(12)11(6-4-10(13)14-2)9-5-7-15-16-9/h9H,3-7H2,1-2H3. The Labute approximate surface area is 104 Å². The van der Waals surface area contributed by atoms with Crippen LogP contribution in [0.5, 0.6) is 0 Å². The Balaban J connectivity index is 2.49. The van der Waals surface area contributed by atoms with Crippen LogP contribution in [0.15, 0.2) is 0 Å². The van der Waals surface area contributed by atoms with Crippen molar-refractivity contribution < 1.29 is 14.3 Å². The Bertz CT molecular complexity index is 254. The predicted molar refractivity (Wildman–Crippen MR) is 67.1 cm³/mol. The fourth-order valence-electron chi connectivity index (χ4n) is 1.48. The van der Waals surface area contributed by atoms with Crippen molar-refractivity contribution in [2.75, 3.05) is 19.4 Å². The molecule has 1 unspecified atom stereocenters. The normalized spacial score (nSPS) is 19.5. The Morgan fingerprint density at radius 2 is 2.25 bits per heavy atom. The van der Waals surface area contributed by atoms with Gasteiger partial charge in [0.25, 0.3) is 0 Å². The molecule has 0 aromatic rings. The van der Waals surface area contributed by atoms with Crippen LogP contribution in [0.1, 0.15) is 26.2 Å². The summed E-state index contributed by atoms with van der Waals surface area (Å²) in [6, 6.07) is 0. The molecule has 1 amide bonds. The molecule has 0 radical (unpaired) electrons. The molecule has 1 saturated heterocycles. The fourth-order valence-corrected chi connectivity index (χ4v) is 4.39. The second-order valence-corrected chi connectivity index (χ2v) is 6.09. The van der Waals surface area contributed by atoms with Crippen molar-refractivity contribution in [2.45, 2.75) is 31.6 Å². The number of amides is 1. The third-order valence-electron chi connectivity index (χ3n) is 2.38. The molecule has 0 aromatic heterocycles. The van der Waals surface area contributed by atoms with E-state index in [-0.39, 0.29) is 23.7 Å². The molecule has 1 atom stereocenters. The molecule has 92 valence electrons. The van der Waals surface area contributed by atoms with Crippen molar-refractivity contribution in [3.8, 4) is 0 Å². The van der Waals surface area contributed by atoms with E-state index in [9.17, 15) is 9.59 Å². The molecule has 6 heteroatoms. The second-order valence-electron chi connectivity index (χ2n) is 3.43. The van der Waals surface area contributed by atoms with Crippen molar-refractivity contribution in [3.05, 3.63) is 0 Å². The highest BCUT2D eigenvalue weighted by Crippen LogP contribution is 2.39. The summed E-state index contributed by atoms with van der Waals surface area (Å²) in [7, 11) is 4.88. The maximum atomic E-state index is 11.8. The quantitative estimate of drug-likeness (QED) is 0.560. The number of carbonyl (C=O) groups is 2. The van der Waals surface area contributed by atoms with Gasteiger partial charge in [-0.3, -0.25) is 9.59 Å². The highest BCUT2D eigenvalue weighted by atomic mass is 33.1. The molecule has 4 nitrogen and oxygen atoms in total. The van der Waals surface area contributed by atoms with Gasteiger partial charge in [-0.25, -0.2) is 0 Å². The average Bonchev–Trinajstić information content (AvgIpc) is 2.82. The molecule has 0 saturated carbocycles. The molecule has 0 aliphatic carbocycles. The van der Waals surface area contributed by atoms with E-state index in [0.29, 0.717) is 13.0 Å². The van der Waals surface area contributed by atoms with Gasteiger partial charge in [-0.05, 0) is 6.42 Å². The van der Waals surface area contributed by atoms with Crippen LogP contribution in [0.2, 0.25) is 0 Å². The van der Waals surface area contributed by atoms with Gasteiger partial charge >= 0.3 is 5.97 Å². The minimum atomic E-state index is -0.260. The van der Waals surface area contributed by atoms with Gasteiger partial charge in [0, 0.05) is 18.7 Å². The molecule has 1 aliphatic rings. The van der Waals surface area contributed by atoms with E-state index in [4.69, 9.17) is 0 Å². The first-order valence-electron chi connectivity index (χ1n) is 5.33. The maximum Gasteiger partial charge on any atom is 0.307 e. The van der Waals surface area contributed by atoms with Crippen LogP contribution < -0.4 is 0 Å². The average molecular weight is 263 g/mol. The van der Waals surface area contributed by atoms with Crippen LogP contribution in [0.4, 0.5) is 0 Å². The first-order valence-corrected chi connectivity index (χ1v) is 7.71. The monoisotopic (exact) mass is 263 g/mol. The highest BCUT2D eigenvalue weighted by molar-refractivity contribution is 8.77. The summed E-state index contributed by atoms with van der Waals surface area (Å²) in [5, 5.41) is 0.224. The summed E-state index contributed by atoms with van der Waals surface area (Å²) >= 11 is 0. The highest BCUT2D eigenvalue weighted by Gasteiger charge is 2.27. The minimum absolute atomic E-state index is 0.115. The number of ether oxygens (including phenoxy) is 1. The molecular formula is C10H17NO3S2. The van der Waals surface area contributed by atoms with Gasteiger partial charge in [-0.2, -0.15) is 0 Å². The van der Waals surface area contributed by atoms with Crippen LogP contribution in [-0.4, -0.2) is 41.6 Å². The van der Waals surface area contributed by atoms with Crippen molar-refractivity contribution in [2.24, 2.45) is 0 Å². The van der Waals surface area contributed by atoms with Gasteiger partial charge in [-0.1, -0.05) is 28.5 Å². The molecule has 1 fully saturated rings. The molecular weight excluding hydrogens is 246 g/mol. The zero-order valence-electron chi connectivity index (χ0n) is 9.60. The topological polar surface area (TPSA) is 46.6 Å². The Morgan fingerprint density at radius 1 is 1.50 bits per heavy atom. The smallest absolute Gasteiger partial charge is 0.307 e. The molecule has 1 aliphatic heterocycles. The second kappa shape index (κ2) is 7.06. The zero-order chi connectivity index (χ0) is 12.0. The number of nitrogens with zero attached hydrogens (tertiary/aromatic N) is 1. The first-order chi connectivity index (χ1) is 7.69. The van der Waals surface area contributed by atoms with Crippen LogP contribution in [0.3, 0.4) is 0 Å². The summed E-state index contributed by atoms with van der Waals surface area (Å²) < 4.78 is 4.59. The number of rotatable bonds is 5. The number of esters is 1. The summed E-state index contributed by atoms with van der Waals surface area (Å²) in [5.74, 6) is 0.926. The summed E-state index contributed by atoms with van der Waals surface area (Å²) in [5.41, 5.74) is 0. The predicted octanol–water partition coefficient (Wildman–Crippen LogP) is 1.90. The lowest BCUT2D eigenvalue weighted by Crippen LogP contribution is -2.38. The summed E-state index contributed by atoms with van der Waals surface area (Å²) in [4.78, 5) is 24.6. The first kappa shape index (κ1) is 13.7. The van der Waals surface area contributed by atoms with E-state index >= 15 is 0 Å². The van der Waals surface area contributed by atoms with E-state index in [1.54, 1.807) is 21.6 Å². The van der Waals surface area contributed by atoms with Gasteiger partial charge in [-0.15, -0.1) is 0 Å². The molecule has 16 heavy (non-hydrogen) atoms. The van der Waals surface area contributed by atoms with E-state index in [1.165, 1.54) is 7.11 Å². The van der Waals surface area contributed by atoms with Gasteiger partial charge in [0.05, 0.1) is 18.9 Å².